The lowest BCUT2D eigenvalue weighted by atomic mass is 10.3. The highest BCUT2D eigenvalue weighted by molar-refractivity contribution is 9.10. The molecule has 8 heteroatoms. The Balaban J connectivity index is 2.03. The molecular formula is C13H12BrF3N2O2. The smallest absolute Gasteiger partial charge is 0.444 e. The zero-order valence-corrected chi connectivity index (χ0v) is 12.8. The lowest BCUT2D eigenvalue weighted by Crippen LogP contribution is -2.17. The van der Waals surface area contributed by atoms with Crippen molar-refractivity contribution in [1.82, 2.24) is 4.98 Å². The fourth-order valence-electron chi connectivity index (χ4n) is 1.61. The molecule has 1 aromatic heterocycles. The van der Waals surface area contributed by atoms with E-state index in [0.29, 0.717) is 18.1 Å². The number of oxazole rings is 1. The van der Waals surface area contributed by atoms with Gasteiger partial charge in [-0.15, -0.1) is 13.2 Å². The molecule has 0 aliphatic carbocycles. The molecule has 0 atom stereocenters. The summed E-state index contributed by atoms with van der Waals surface area (Å²) in [6.45, 7) is 3.98. The maximum absolute atomic E-state index is 12.2. The fourth-order valence-corrected chi connectivity index (χ4v) is 2.07. The van der Waals surface area contributed by atoms with Crippen LogP contribution in [0.2, 0.25) is 0 Å². The van der Waals surface area contributed by atoms with Crippen LogP contribution in [0.1, 0.15) is 17.3 Å². The Morgan fingerprint density at radius 2 is 2.05 bits per heavy atom. The molecule has 0 spiro atoms. The first-order valence-corrected chi connectivity index (χ1v) is 6.76. The van der Waals surface area contributed by atoms with E-state index in [9.17, 15) is 13.2 Å². The minimum Gasteiger partial charge on any atom is -0.444 e. The zero-order chi connectivity index (χ0) is 15.6. The van der Waals surface area contributed by atoms with Crippen molar-refractivity contribution in [3.8, 4) is 5.75 Å². The van der Waals surface area contributed by atoms with Gasteiger partial charge in [0, 0.05) is 5.69 Å². The number of hydrogen-bond acceptors (Lipinski definition) is 4. The van der Waals surface area contributed by atoms with Crippen LogP contribution in [-0.4, -0.2) is 11.3 Å². The van der Waals surface area contributed by atoms with Gasteiger partial charge in [0.15, 0.2) is 0 Å². The quantitative estimate of drug-likeness (QED) is 0.863. The highest BCUT2D eigenvalue weighted by atomic mass is 79.9. The van der Waals surface area contributed by atoms with Gasteiger partial charge in [-0.25, -0.2) is 4.98 Å². The molecule has 0 amide bonds. The Morgan fingerprint density at radius 1 is 1.33 bits per heavy atom. The van der Waals surface area contributed by atoms with Crippen LogP contribution in [0.5, 0.6) is 5.75 Å². The Kier molecular flexibility index (Phi) is 4.46. The van der Waals surface area contributed by atoms with Crippen molar-refractivity contribution in [2.24, 2.45) is 0 Å². The molecule has 1 heterocycles. The first-order chi connectivity index (χ1) is 9.74. The maximum atomic E-state index is 12.2. The maximum Gasteiger partial charge on any atom is 0.573 e. The van der Waals surface area contributed by atoms with Crippen molar-refractivity contribution >= 4 is 21.6 Å². The van der Waals surface area contributed by atoms with Crippen molar-refractivity contribution in [3.63, 3.8) is 0 Å². The van der Waals surface area contributed by atoms with Crippen LogP contribution in [0.4, 0.5) is 18.9 Å². The van der Waals surface area contributed by atoms with Crippen molar-refractivity contribution in [2.75, 3.05) is 5.32 Å². The summed E-state index contributed by atoms with van der Waals surface area (Å²) in [4.78, 5) is 4.20. The molecule has 2 rings (SSSR count). The van der Waals surface area contributed by atoms with Crippen molar-refractivity contribution in [3.05, 3.63) is 40.0 Å². The number of benzene rings is 1. The van der Waals surface area contributed by atoms with Crippen molar-refractivity contribution in [2.45, 2.75) is 26.8 Å². The van der Waals surface area contributed by atoms with Crippen LogP contribution in [0.25, 0.3) is 0 Å². The van der Waals surface area contributed by atoms with Gasteiger partial charge in [0.25, 0.3) is 0 Å². The van der Waals surface area contributed by atoms with E-state index in [1.165, 1.54) is 18.2 Å². The number of nitrogens with one attached hydrogen (secondary N) is 1. The van der Waals surface area contributed by atoms with Gasteiger partial charge in [0.2, 0.25) is 5.89 Å². The van der Waals surface area contributed by atoms with Crippen LogP contribution >= 0.6 is 15.9 Å². The molecule has 1 aromatic carbocycles. The third-order valence-electron chi connectivity index (χ3n) is 2.67. The summed E-state index contributed by atoms with van der Waals surface area (Å²) in [6, 6.07) is 4.20. The van der Waals surface area contributed by atoms with Gasteiger partial charge in [0.05, 0.1) is 16.7 Å². The second kappa shape index (κ2) is 5.97. The van der Waals surface area contributed by atoms with E-state index in [1.807, 2.05) is 13.8 Å². The van der Waals surface area contributed by atoms with E-state index in [-0.39, 0.29) is 10.2 Å². The summed E-state index contributed by atoms with van der Waals surface area (Å²) in [5.74, 6) is 0.953. The Morgan fingerprint density at radius 3 is 2.57 bits per heavy atom. The average molecular weight is 365 g/mol. The third kappa shape index (κ3) is 4.38. The molecular weight excluding hydrogens is 353 g/mol. The van der Waals surface area contributed by atoms with Gasteiger partial charge in [0.1, 0.15) is 11.5 Å². The first kappa shape index (κ1) is 15.7. The lowest BCUT2D eigenvalue weighted by Gasteiger charge is -2.12. The minimum atomic E-state index is -4.72. The van der Waals surface area contributed by atoms with E-state index in [2.05, 4.69) is 31.0 Å². The summed E-state index contributed by atoms with van der Waals surface area (Å²) >= 11 is 3.04. The van der Waals surface area contributed by atoms with Crippen LogP contribution in [0.15, 0.2) is 27.1 Å². The summed E-state index contributed by atoms with van der Waals surface area (Å²) in [7, 11) is 0. The SMILES string of the molecule is Cc1nc(CNc2ccc(OC(F)(F)F)c(Br)c2)oc1C. The molecule has 21 heavy (non-hydrogen) atoms. The molecule has 0 radical (unpaired) electrons. The van der Waals surface area contributed by atoms with Gasteiger partial charge in [-0.2, -0.15) is 0 Å². The molecule has 1 N–H and O–H groups in total. The van der Waals surface area contributed by atoms with E-state index in [4.69, 9.17) is 4.42 Å². The summed E-state index contributed by atoms with van der Waals surface area (Å²) < 4.78 is 45.9. The largest absolute Gasteiger partial charge is 0.573 e. The summed E-state index contributed by atoms with van der Waals surface area (Å²) in [5, 5.41) is 3.01. The molecule has 0 aliphatic heterocycles. The highest BCUT2D eigenvalue weighted by Gasteiger charge is 2.31. The molecule has 0 fully saturated rings. The Hall–Kier alpha value is -1.70. The van der Waals surface area contributed by atoms with Gasteiger partial charge >= 0.3 is 6.36 Å². The second-order valence-electron chi connectivity index (χ2n) is 4.30. The molecule has 0 bridgehead atoms. The second-order valence-corrected chi connectivity index (χ2v) is 5.15. The normalized spacial score (nSPS) is 11.5. The van der Waals surface area contributed by atoms with Crippen molar-refractivity contribution in [1.29, 1.82) is 0 Å². The number of aryl methyl sites for hydroxylation is 2. The molecule has 0 saturated carbocycles. The molecule has 114 valence electrons. The molecule has 4 nitrogen and oxygen atoms in total. The Bertz CT molecular complexity index is 621. The lowest BCUT2D eigenvalue weighted by molar-refractivity contribution is -0.274. The molecule has 0 aliphatic rings. The number of hydrogen-bond donors (Lipinski definition) is 1. The summed E-state index contributed by atoms with van der Waals surface area (Å²) in [5.41, 5.74) is 1.42. The van der Waals surface area contributed by atoms with Gasteiger partial charge in [-0.05, 0) is 48.0 Å². The van der Waals surface area contributed by atoms with E-state index < -0.39 is 6.36 Å². The van der Waals surface area contributed by atoms with E-state index in [0.717, 1.165) is 11.5 Å². The molecule has 0 saturated heterocycles. The van der Waals surface area contributed by atoms with Crippen LogP contribution < -0.4 is 10.1 Å². The summed E-state index contributed by atoms with van der Waals surface area (Å²) in [6.07, 6.45) is -4.72. The highest BCUT2D eigenvalue weighted by Crippen LogP contribution is 2.32. The topological polar surface area (TPSA) is 47.3 Å². The number of nitrogens with zero attached hydrogens (tertiary/aromatic N) is 1. The predicted molar refractivity (Wildman–Crippen MR) is 74.1 cm³/mol. The standard InChI is InChI=1S/C13H12BrF3N2O2/c1-7-8(2)20-12(19-7)6-18-9-3-4-11(10(14)5-9)21-13(15,16)17/h3-5,18H,6H2,1-2H3. The van der Waals surface area contributed by atoms with Crippen LogP contribution in [0.3, 0.4) is 0 Å². The predicted octanol–water partition coefficient (Wildman–Crippen LogP) is 4.56. The van der Waals surface area contributed by atoms with Gasteiger partial charge < -0.3 is 14.5 Å². The van der Waals surface area contributed by atoms with E-state index >= 15 is 0 Å². The van der Waals surface area contributed by atoms with E-state index in [1.54, 1.807) is 0 Å². The average Bonchev–Trinajstić information content (AvgIpc) is 2.68. The number of alkyl halides is 3. The van der Waals surface area contributed by atoms with Gasteiger partial charge in [-0.1, -0.05) is 0 Å². The number of anilines is 1. The Labute approximate surface area is 127 Å². The molecule has 0 unspecified atom stereocenters. The number of halogens is 4. The zero-order valence-electron chi connectivity index (χ0n) is 11.2. The van der Waals surface area contributed by atoms with Crippen molar-refractivity contribution < 1.29 is 22.3 Å². The number of aromatic nitrogens is 1. The van der Waals surface area contributed by atoms with Gasteiger partial charge in [-0.3, -0.25) is 0 Å². The third-order valence-corrected chi connectivity index (χ3v) is 3.29. The molecule has 2 aromatic rings. The minimum absolute atomic E-state index is 0.199. The monoisotopic (exact) mass is 364 g/mol. The first-order valence-electron chi connectivity index (χ1n) is 5.96. The van der Waals surface area contributed by atoms with Crippen LogP contribution in [0, 0.1) is 13.8 Å². The fraction of sp³-hybridized carbons (Fsp3) is 0.308. The number of rotatable bonds is 4. The van der Waals surface area contributed by atoms with Crippen LogP contribution in [-0.2, 0) is 6.54 Å². The number of ether oxygens (including phenoxy) is 1.